The highest BCUT2D eigenvalue weighted by molar-refractivity contribution is 5.59. The van der Waals surface area contributed by atoms with Crippen LogP contribution in [0.2, 0.25) is 0 Å². The van der Waals surface area contributed by atoms with Gasteiger partial charge in [-0.1, -0.05) is 18.2 Å². The van der Waals surface area contributed by atoms with Crippen molar-refractivity contribution in [3.05, 3.63) is 53.5 Å². The molecule has 0 bridgehead atoms. The van der Waals surface area contributed by atoms with E-state index in [1.54, 1.807) is 6.26 Å². The van der Waals surface area contributed by atoms with E-state index in [-0.39, 0.29) is 0 Å². The van der Waals surface area contributed by atoms with Crippen LogP contribution >= 0.6 is 0 Å². The number of nitrogens with two attached hydrogens (primary N) is 1. The molecule has 2 N–H and O–H groups in total. The molecular weight excluding hydrogens is 224 g/mol. The maximum absolute atomic E-state index is 5.84. The number of benzene rings is 1. The second-order valence-corrected chi connectivity index (χ2v) is 4.38. The number of para-hydroxylation sites is 1. The van der Waals surface area contributed by atoms with Crippen molar-refractivity contribution < 1.29 is 4.42 Å². The van der Waals surface area contributed by atoms with Crippen molar-refractivity contribution in [2.75, 3.05) is 11.4 Å². The lowest BCUT2D eigenvalue weighted by molar-refractivity contribution is 0.503. The highest BCUT2D eigenvalue weighted by Crippen LogP contribution is 2.26. The molecule has 0 amide bonds. The molecule has 0 spiro atoms. The maximum Gasteiger partial charge on any atom is 0.123 e. The van der Waals surface area contributed by atoms with E-state index in [1.807, 2.05) is 12.1 Å². The molecule has 0 saturated heterocycles. The van der Waals surface area contributed by atoms with E-state index in [0.717, 1.165) is 18.8 Å². The molecule has 2 aromatic rings. The lowest BCUT2D eigenvalue weighted by Gasteiger charge is -2.26. The molecule has 3 heteroatoms. The van der Waals surface area contributed by atoms with Crippen molar-refractivity contribution in [1.29, 1.82) is 0 Å². The van der Waals surface area contributed by atoms with Gasteiger partial charge in [-0.3, -0.25) is 0 Å². The van der Waals surface area contributed by atoms with Gasteiger partial charge < -0.3 is 15.1 Å². The van der Waals surface area contributed by atoms with Gasteiger partial charge in [0.1, 0.15) is 5.76 Å². The zero-order valence-electron chi connectivity index (χ0n) is 11.0. The monoisotopic (exact) mass is 244 g/mol. The predicted octanol–water partition coefficient (Wildman–Crippen LogP) is 3.07. The van der Waals surface area contributed by atoms with Gasteiger partial charge in [-0.2, -0.15) is 0 Å². The van der Waals surface area contributed by atoms with Gasteiger partial charge in [-0.25, -0.2) is 0 Å². The first-order valence-electron chi connectivity index (χ1n) is 6.32. The fourth-order valence-electron chi connectivity index (χ4n) is 2.28. The Morgan fingerprint density at radius 2 is 2.06 bits per heavy atom. The van der Waals surface area contributed by atoms with Crippen molar-refractivity contribution in [3.63, 3.8) is 0 Å². The van der Waals surface area contributed by atoms with Crippen LogP contribution in [-0.2, 0) is 13.1 Å². The normalized spacial score (nSPS) is 10.6. The van der Waals surface area contributed by atoms with Gasteiger partial charge >= 0.3 is 0 Å². The summed E-state index contributed by atoms with van der Waals surface area (Å²) in [6.45, 7) is 6.54. The molecule has 0 atom stereocenters. The Morgan fingerprint density at radius 1 is 1.22 bits per heavy atom. The lowest BCUT2D eigenvalue weighted by atomic mass is 10.1. The molecule has 0 aliphatic carbocycles. The van der Waals surface area contributed by atoms with Gasteiger partial charge in [0.05, 0.1) is 12.8 Å². The molecule has 1 heterocycles. The summed E-state index contributed by atoms with van der Waals surface area (Å²) in [6, 6.07) is 10.2. The van der Waals surface area contributed by atoms with Gasteiger partial charge in [0.15, 0.2) is 0 Å². The van der Waals surface area contributed by atoms with Crippen LogP contribution in [0.3, 0.4) is 0 Å². The summed E-state index contributed by atoms with van der Waals surface area (Å²) in [5, 5.41) is 0. The SMILES string of the molecule is CCN(Cc1ccco1)c1c(C)cccc1CN. The Bertz CT molecular complexity index is 491. The molecule has 96 valence electrons. The third-order valence-electron chi connectivity index (χ3n) is 3.17. The first-order chi connectivity index (χ1) is 8.76. The predicted molar refractivity (Wildman–Crippen MR) is 74.5 cm³/mol. The second-order valence-electron chi connectivity index (χ2n) is 4.38. The minimum absolute atomic E-state index is 0.561. The van der Waals surface area contributed by atoms with Gasteiger partial charge in [-0.05, 0) is 37.1 Å². The molecule has 1 aromatic heterocycles. The van der Waals surface area contributed by atoms with E-state index in [0.29, 0.717) is 6.54 Å². The molecule has 3 nitrogen and oxygen atoms in total. The van der Waals surface area contributed by atoms with E-state index in [9.17, 15) is 0 Å². The molecule has 2 rings (SSSR count). The zero-order valence-corrected chi connectivity index (χ0v) is 11.0. The molecule has 0 unspecified atom stereocenters. The Morgan fingerprint density at radius 3 is 2.67 bits per heavy atom. The third-order valence-corrected chi connectivity index (χ3v) is 3.17. The van der Waals surface area contributed by atoms with Gasteiger partial charge in [0.2, 0.25) is 0 Å². The van der Waals surface area contributed by atoms with Crippen LogP contribution < -0.4 is 10.6 Å². The van der Waals surface area contributed by atoms with E-state index >= 15 is 0 Å². The van der Waals surface area contributed by atoms with Crippen LogP contribution in [0.1, 0.15) is 23.8 Å². The molecule has 1 aromatic carbocycles. The Kier molecular flexibility index (Phi) is 4.05. The number of hydrogen-bond donors (Lipinski definition) is 1. The Labute approximate surface area is 108 Å². The maximum atomic E-state index is 5.84. The van der Waals surface area contributed by atoms with Crippen LogP contribution in [0.5, 0.6) is 0 Å². The summed E-state index contributed by atoms with van der Waals surface area (Å²) in [5.41, 5.74) is 9.51. The molecule has 0 saturated carbocycles. The minimum atomic E-state index is 0.561. The Balaban J connectivity index is 2.32. The lowest BCUT2D eigenvalue weighted by Crippen LogP contribution is -2.24. The summed E-state index contributed by atoms with van der Waals surface area (Å²) in [5.74, 6) is 0.975. The summed E-state index contributed by atoms with van der Waals surface area (Å²) in [7, 11) is 0. The van der Waals surface area contributed by atoms with Crippen LogP contribution in [0.4, 0.5) is 5.69 Å². The number of hydrogen-bond acceptors (Lipinski definition) is 3. The first-order valence-corrected chi connectivity index (χ1v) is 6.32. The number of furan rings is 1. The smallest absolute Gasteiger partial charge is 0.123 e. The van der Waals surface area contributed by atoms with E-state index in [4.69, 9.17) is 10.2 Å². The van der Waals surface area contributed by atoms with Crippen molar-refractivity contribution >= 4 is 5.69 Å². The van der Waals surface area contributed by atoms with Crippen molar-refractivity contribution in [3.8, 4) is 0 Å². The van der Waals surface area contributed by atoms with Crippen molar-refractivity contribution in [2.45, 2.75) is 26.9 Å². The van der Waals surface area contributed by atoms with Gasteiger partial charge in [0.25, 0.3) is 0 Å². The molecule has 0 aliphatic rings. The van der Waals surface area contributed by atoms with Crippen LogP contribution in [-0.4, -0.2) is 6.54 Å². The topological polar surface area (TPSA) is 42.4 Å². The average molecular weight is 244 g/mol. The fraction of sp³-hybridized carbons (Fsp3) is 0.333. The molecule has 0 aliphatic heterocycles. The highest BCUT2D eigenvalue weighted by atomic mass is 16.3. The average Bonchev–Trinajstić information content (AvgIpc) is 2.89. The van der Waals surface area contributed by atoms with Crippen LogP contribution in [0.25, 0.3) is 0 Å². The standard InChI is InChI=1S/C15H20N2O/c1-3-17(11-14-8-5-9-18-14)15-12(2)6-4-7-13(15)10-16/h4-9H,3,10-11,16H2,1-2H3. The molecular formula is C15H20N2O. The second kappa shape index (κ2) is 5.74. The fourth-order valence-corrected chi connectivity index (χ4v) is 2.28. The molecule has 18 heavy (non-hydrogen) atoms. The number of nitrogens with zero attached hydrogens (tertiary/aromatic N) is 1. The summed E-state index contributed by atoms with van der Waals surface area (Å²) >= 11 is 0. The minimum Gasteiger partial charge on any atom is -0.467 e. The van der Waals surface area contributed by atoms with Gasteiger partial charge in [0, 0.05) is 18.8 Å². The van der Waals surface area contributed by atoms with E-state index in [1.165, 1.54) is 16.8 Å². The van der Waals surface area contributed by atoms with Crippen molar-refractivity contribution in [1.82, 2.24) is 0 Å². The molecule has 0 radical (unpaired) electrons. The summed E-state index contributed by atoms with van der Waals surface area (Å²) in [4.78, 5) is 2.30. The summed E-state index contributed by atoms with van der Waals surface area (Å²) < 4.78 is 5.43. The Hall–Kier alpha value is -1.74. The zero-order chi connectivity index (χ0) is 13.0. The quantitative estimate of drug-likeness (QED) is 0.879. The van der Waals surface area contributed by atoms with Crippen LogP contribution in [0.15, 0.2) is 41.0 Å². The molecule has 0 fully saturated rings. The third kappa shape index (κ3) is 2.57. The number of aryl methyl sites for hydroxylation is 1. The number of anilines is 1. The van der Waals surface area contributed by atoms with E-state index in [2.05, 4.69) is 36.9 Å². The van der Waals surface area contributed by atoms with Gasteiger partial charge in [-0.15, -0.1) is 0 Å². The van der Waals surface area contributed by atoms with Crippen LogP contribution in [0, 0.1) is 6.92 Å². The van der Waals surface area contributed by atoms with Crippen molar-refractivity contribution in [2.24, 2.45) is 5.73 Å². The number of rotatable bonds is 5. The highest BCUT2D eigenvalue weighted by Gasteiger charge is 2.13. The largest absolute Gasteiger partial charge is 0.467 e. The first kappa shape index (κ1) is 12.7. The summed E-state index contributed by atoms with van der Waals surface area (Å²) in [6.07, 6.45) is 1.71. The van der Waals surface area contributed by atoms with E-state index < -0.39 is 0 Å².